The minimum atomic E-state index is -0.201. The molecule has 168 valence electrons. The van der Waals surface area contributed by atoms with Gasteiger partial charge in [0, 0.05) is 29.0 Å². The monoisotopic (exact) mass is 463 g/mol. The molecule has 0 saturated carbocycles. The summed E-state index contributed by atoms with van der Waals surface area (Å²) in [5.41, 5.74) is 1.13. The molecule has 8 heteroatoms. The van der Waals surface area contributed by atoms with E-state index in [2.05, 4.69) is 16.8 Å². The molecule has 1 aliphatic heterocycles. The maximum Gasteiger partial charge on any atom is 0.318 e. The molecule has 1 aliphatic rings. The van der Waals surface area contributed by atoms with E-state index in [1.165, 1.54) is 4.88 Å². The number of rotatable bonds is 8. The lowest BCUT2D eigenvalue weighted by molar-refractivity contribution is -0.135. The summed E-state index contributed by atoms with van der Waals surface area (Å²) in [6.07, 6.45) is 1.60. The van der Waals surface area contributed by atoms with Gasteiger partial charge in [0.1, 0.15) is 18.9 Å². The Kier molecular flexibility index (Phi) is 8.21. The summed E-state index contributed by atoms with van der Waals surface area (Å²) in [6, 6.07) is 8.88. The molecule has 0 saturated heterocycles. The Morgan fingerprint density at radius 1 is 1.29 bits per heavy atom. The first-order valence-electron chi connectivity index (χ1n) is 10.7. The highest BCUT2D eigenvalue weighted by Crippen LogP contribution is 2.34. The van der Waals surface area contributed by atoms with Gasteiger partial charge in [-0.15, -0.1) is 11.3 Å². The van der Waals surface area contributed by atoms with Crippen molar-refractivity contribution in [3.05, 3.63) is 51.2 Å². The Bertz CT molecular complexity index is 886. The number of urea groups is 1. The number of fused-ring (bicyclic) bond motifs is 1. The van der Waals surface area contributed by atoms with E-state index in [1.807, 2.05) is 37.8 Å². The van der Waals surface area contributed by atoms with Crippen LogP contribution >= 0.6 is 22.9 Å². The Morgan fingerprint density at radius 2 is 2.03 bits per heavy atom. The van der Waals surface area contributed by atoms with Crippen LogP contribution in [0.4, 0.5) is 4.79 Å². The summed E-state index contributed by atoms with van der Waals surface area (Å²) in [5, 5.41) is 5.54. The number of benzene rings is 1. The van der Waals surface area contributed by atoms with Crippen molar-refractivity contribution in [2.75, 3.05) is 26.2 Å². The zero-order chi connectivity index (χ0) is 22.4. The number of nitrogens with zero attached hydrogens (tertiary/aromatic N) is 2. The number of hydrogen-bond acceptors (Lipinski definition) is 4. The van der Waals surface area contributed by atoms with Gasteiger partial charge in [-0.25, -0.2) is 4.79 Å². The van der Waals surface area contributed by atoms with Crippen LogP contribution in [0, 0.1) is 0 Å². The average molecular weight is 464 g/mol. The van der Waals surface area contributed by atoms with Gasteiger partial charge in [0.25, 0.3) is 0 Å². The van der Waals surface area contributed by atoms with Crippen LogP contribution < -0.4 is 10.1 Å². The van der Waals surface area contributed by atoms with Crippen LogP contribution in [0.15, 0.2) is 35.7 Å². The first-order valence-corrected chi connectivity index (χ1v) is 12.0. The minimum Gasteiger partial charge on any atom is -0.491 e. The van der Waals surface area contributed by atoms with E-state index >= 15 is 0 Å². The molecule has 1 N–H and O–H groups in total. The van der Waals surface area contributed by atoms with Gasteiger partial charge >= 0.3 is 6.03 Å². The van der Waals surface area contributed by atoms with Gasteiger partial charge in [-0.3, -0.25) is 4.79 Å². The van der Waals surface area contributed by atoms with Crippen LogP contribution in [0.5, 0.6) is 5.75 Å². The smallest absolute Gasteiger partial charge is 0.318 e. The number of ether oxygens (including phenoxy) is 1. The molecule has 0 bridgehead atoms. The third kappa shape index (κ3) is 5.71. The van der Waals surface area contributed by atoms with Crippen molar-refractivity contribution >= 4 is 34.9 Å². The second-order valence-corrected chi connectivity index (χ2v) is 9.07. The number of carbonyl (C=O) groups excluding carboxylic acids is 2. The van der Waals surface area contributed by atoms with Gasteiger partial charge in [-0.05, 0) is 68.0 Å². The number of hydrogen-bond donors (Lipinski definition) is 1. The van der Waals surface area contributed by atoms with E-state index in [0.717, 1.165) is 18.4 Å². The Balaban J connectivity index is 1.77. The van der Waals surface area contributed by atoms with E-state index in [0.29, 0.717) is 30.5 Å². The summed E-state index contributed by atoms with van der Waals surface area (Å²) < 4.78 is 6.03. The standard InChI is InChI=1S/C23H30ClN3O3S/c1-4-16(3)27(23(29)25-5-2)14-22(28)26-12-10-21-19(11-13-31-21)20(26)15-30-18-8-6-17(24)7-9-18/h6-9,11,13,16,20H,4-5,10,12,14-15H2,1-3H3,(H,25,29)/t16-,20+/m0/s1. The highest BCUT2D eigenvalue weighted by Gasteiger charge is 2.34. The molecule has 1 aromatic carbocycles. The second kappa shape index (κ2) is 10.9. The predicted octanol–water partition coefficient (Wildman–Crippen LogP) is 4.74. The molecule has 2 aromatic rings. The zero-order valence-electron chi connectivity index (χ0n) is 18.3. The Hall–Kier alpha value is -2.25. The fourth-order valence-corrected chi connectivity index (χ4v) is 4.77. The van der Waals surface area contributed by atoms with Crippen LogP contribution in [-0.2, 0) is 11.2 Å². The molecule has 3 amide bonds. The lowest BCUT2D eigenvalue weighted by Crippen LogP contribution is -2.52. The summed E-state index contributed by atoms with van der Waals surface area (Å²) in [7, 11) is 0. The van der Waals surface area contributed by atoms with Crippen molar-refractivity contribution in [2.45, 2.75) is 45.7 Å². The van der Waals surface area contributed by atoms with Gasteiger partial charge in [0.15, 0.2) is 0 Å². The average Bonchev–Trinajstić information content (AvgIpc) is 3.25. The molecule has 0 unspecified atom stereocenters. The van der Waals surface area contributed by atoms with Crippen molar-refractivity contribution in [2.24, 2.45) is 0 Å². The quantitative estimate of drug-likeness (QED) is 0.615. The van der Waals surface area contributed by atoms with Crippen molar-refractivity contribution in [3.63, 3.8) is 0 Å². The number of thiophene rings is 1. The molecular weight excluding hydrogens is 434 g/mol. The molecule has 0 aliphatic carbocycles. The van der Waals surface area contributed by atoms with Crippen LogP contribution in [0.2, 0.25) is 5.02 Å². The van der Waals surface area contributed by atoms with E-state index < -0.39 is 0 Å². The van der Waals surface area contributed by atoms with Gasteiger partial charge in [-0.2, -0.15) is 0 Å². The SMILES string of the molecule is CCNC(=O)N(CC(=O)N1CCc2sccc2[C@H]1COc1ccc(Cl)cc1)[C@@H](C)CC. The van der Waals surface area contributed by atoms with Gasteiger partial charge in [-0.1, -0.05) is 18.5 Å². The van der Waals surface area contributed by atoms with Crippen molar-refractivity contribution in [1.29, 1.82) is 0 Å². The summed E-state index contributed by atoms with van der Waals surface area (Å²) >= 11 is 7.68. The fourth-order valence-electron chi connectivity index (χ4n) is 3.72. The molecule has 0 fully saturated rings. The lowest BCUT2D eigenvalue weighted by Gasteiger charge is -2.38. The first-order chi connectivity index (χ1) is 14.9. The van der Waals surface area contributed by atoms with Crippen LogP contribution in [0.25, 0.3) is 0 Å². The number of carbonyl (C=O) groups is 2. The van der Waals surface area contributed by atoms with E-state index in [4.69, 9.17) is 16.3 Å². The first kappa shape index (κ1) is 23.4. The minimum absolute atomic E-state index is 0.0271. The normalized spacial score (nSPS) is 16.4. The molecule has 0 radical (unpaired) electrons. The topological polar surface area (TPSA) is 61.9 Å². The van der Waals surface area contributed by atoms with Crippen molar-refractivity contribution in [3.8, 4) is 5.75 Å². The van der Waals surface area contributed by atoms with Gasteiger partial charge in [0.2, 0.25) is 5.91 Å². The summed E-state index contributed by atoms with van der Waals surface area (Å²) in [6.45, 7) is 7.41. The Morgan fingerprint density at radius 3 is 2.71 bits per heavy atom. The Labute approximate surface area is 193 Å². The maximum atomic E-state index is 13.4. The molecule has 6 nitrogen and oxygen atoms in total. The van der Waals surface area contributed by atoms with E-state index in [1.54, 1.807) is 28.4 Å². The lowest BCUT2D eigenvalue weighted by atomic mass is 10.00. The summed E-state index contributed by atoms with van der Waals surface area (Å²) in [5.74, 6) is 0.649. The molecule has 2 atom stereocenters. The molecule has 1 aromatic heterocycles. The molecular formula is C23H30ClN3O3S. The van der Waals surface area contributed by atoms with Crippen LogP contribution in [0.1, 0.15) is 43.7 Å². The van der Waals surface area contributed by atoms with Gasteiger partial charge < -0.3 is 19.9 Å². The molecule has 2 heterocycles. The third-order valence-electron chi connectivity index (χ3n) is 5.65. The molecule has 3 rings (SSSR count). The highest BCUT2D eigenvalue weighted by atomic mass is 35.5. The van der Waals surface area contributed by atoms with Crippen molar-refractivity contribution < 1.29 is 14.3 Å². The third-order valence-corrected chi connectivity index (χ3v) is 6.90. The van der Waals surface area contributed by atoms with E-state index in [9.17, 15) is 9.59 Å². The number of nitrogens with one attached hydrogen (secondary N) is 1. The van der Waals surface area contributed by atoms with Crippen LogP contribution in [0.3, 0.4) is 0 Å². The van der Waals surface area contributed by atoms with Crippen LogP contribution in [-0.4, -0.2) is 54.0 Å². The van der Waals surface area contributed by atoms with E-state index in [-0.39, 0.29) is 30.6 Å². The van der Waals surface area contributed by atoms with Gasteiger partial charge in [0.05, 0.1) is 6.04 Å². The second-order valence-electron chi connectivity index (χ2n) is 7.64. The highest BCUT2D eigenvalue weighted by molar-refractivity contribution is 7.10. The number of amides is 3. The largest absolute Gasteiger partial charge is 0.491 e. The summed E-state index contributed by atoms with van der Waals surface area (Å²) in [4.78, 5) is 30.7. The molecule has 0 spiro atoms. The predicted molar refractivity (Wildman–Crippen MR) is 125 cm³/mol. The zero-order valence-corrected chi connectivity index (χ0v) is 19.8. The maximum absolute atomic E-state index is 13.4. The molecule has 31 heavy (non-hydrogen) atoms. The fraction of sp³-hybridized carbons (Fsp3) is 0.478. The van der Waals surface area contributed by atoms with Crippen molar-refractivity contribution in [1.82, 2.24) is 15.1 Å². The number of halogens is 1.